The smallest absolute Gasteiger partial charge is 0.248 e. The van der Waals surface area contributed by atoms with E-state index in [0.29, 0.717) is 16.9 Å². The molecule has 1 amide bonds. The van der Waals surface area contributed by atoms with Gasteiger partial charge in [0.05, 0.1) is 12.4 Å². The number of anilines is 1. The molecule has 0 aromatic carbocycles. The fraction of sp³-hybridized carbons (Fsp3) is 0.429. The second-order valence-electron chi connectivity index (χ2n) is 5.24. The van der Waals surface area contributed by atoms with E-state index in [-0.39, 0.29) is 5.82 Å². The number of ether oxygens (including phenoxy) is 1. The Morgan fingerprint density at radius 1 is 1.46 bits per heavy atom. The molecular formula is C14H17N5O4S. The number of aromatic nitrogens is 4. The topological polar surface area (TPSA) is 122 Å². The van der Waals surface area contributed by atoms with Gasteiger partial charge in [-0.15, -0.1) is 0 Å². The zero-order valence-corrected chi connectivity index (χ0v) is 13.7. The first-order valence-electron chi connectivity index (χ1n) is 7.18. The summed E-state index contributed by atoms with van der Waals surface area (Å²) in [7, 11) is 0. The number of hydrogen-bond acceptors (Lipinski definition) is 8. The van der Waals surface area contributed by atoms with Gasteiger partial charge in [0.25, 0.3) is 0 Å². The molecule has 0 aliphatic carbocycles. The lowest BCUT2D eigenvalue weighted by Gasteiger charge is -2.16. The standard InChI is InChI=1S/C14H17N5O4S/c1-3-8(20)18-12-9-13(16-5-15-12)19(6-17-9)14-11(22)10(21)7(23-14)4-24-2/h3,5-7,10-11,14,21-22H,1,4H2,2H3,(H,15,16,18,20)/t7-,10-,11-,14-/m1/s1. The summed E-state index contributed by atoms with van der Waals surface area (Å²) in [6, 6.07) is 0. The number of imidazole rings is 1. The Balaban J connectivity index is 1.95. The number of carbonyl (C=O) groups excluding carboxylic acids is 1. The summed E-state index contributed by atoms with van der Waals surface area (Å²) in [5, 5.41) is 22.9. The Kier molecular flexibility index (Phi) is 4.81. The van der Waals surface area contributed by atoms with Gasteiger partial charge in [0, 0.05) is 5.75 Å². The van der Waals surface area contributed by atoms with Crippen LogP contribution in [0, 0.1) is 0 Å². The van der Waals surface area contributed by atoms with Crippen LogP contribution in [0.2, 0.25) is 0 Å². The van der Waals surface area contributed by atoms with Gasteiger partial charge in [-0.1, -0.05) is 6.58 Å². The molecule has 1 aliphatic heterocycles. The molecule has 0 radical (unpaired) electrons. The van der Waals surface area contributed by atoms with Crippen LogP contribution >= 0.6 is 11.8 Å². The number of thioether (sulfide) groups is 1. The van der Waals surface area contributed by atoms with Crippen LogP contribution in [0.4, 0.5) is 5.82 Å². The van der Waals surface area contributed by atoms with Gasteiger partial charge in [-0.25, -0.2) is 15.0 Å². The molecule has 2 aromatic rings. The monoisotopic (exact) mass is 351 g/mol. The lowest BCUT2D eigenvalue weighted by Crippen LogP contribution is -2.32. The average molecular weight is 351 g/mol. The van der Waals surface area contributed by atoms with Crippen molar-refractivity contribution in [2.75, 3.05) is 17.3 Å². The van der Waals surface area contributed by atoms with Crippen molar-refractivity contribution in [1.29, 1.82) is 0 Å². The second-order valence-corrected chi connectivity index (χ2v) is 6.15. The molecule has 0 unspecified atom stereocenters. The number of amides is 1. The summed E-state index contributed by atoms with van der Waals surface area (Å²) in [6.45, 7) is 3.39. The Morgan fingerprint density at radius 2 is 2.25 bits per heavy atom. The summed E-state index contributed by atoms with van der Waals surface area (Å²) >= 11 is 1.52. The highest BCUT2D eigenvalue weighted by Crippen LogP contribution is 2.33. The molecule has 4 atom stereocenters. The van der Waals surface area contributed by atoms with E-state index in [1.807, 2.05) is 6.26 Å². The number of rotatable bonds is 5. The normalized spacial score (nSPS) is 26.6. The molecule has 1 aliphatic rings. The maximum atomic E-state index is 11.5. The maximum Gasteiger partial charge on any atom is 0.248 e. The summed E-state index contributed by atoms with van der Waals surface area (Å²) in [5.74, 6) is 0.367. The molecule has 1 fully saturated rings. The number of aliphatic hydroxyl groups excluding tert-OH is 2. The minimum absolute atomic E-state index is 0.234. The molecule has 24 heavy (non-hydrogen) atoms. The molecule has 3 heterocycles. The van der Waals surface area contributed by atoms with Crippen molar-refractivity contribution < 1.29 is 19.7 Å². The molecule has 0 spiro atoms. The predicted molar refractivity (Wildman–Crippen MR) is 88.5 cm³/mol. The van der Waals surface area contributed by atoms with E-state index >= 15 is 0 Å². The fourth-order valence-electron chi connectivity index (χ4n) is 2.56. The fourth-order valence-corrected chi connectivity index (χ4v) is 3.16. The van der Waals surface area contributed by atoms with E-state index in [2.05, 4.69) is 26.8 Å². The van der Waals surface area contributed by atoms with Crippen molar-refractivity contribution in [2.24, 2.45) is 0 Å². The van der Waals surface area contributed by atoms with Gasteiger partial charge in [0.1, 0.15) is 18.5 Å². The Hall–Kier alpha value is -2.01. The van der Waals surface area contributed by atoms with E-state index in [4.69, 9.17) is 4.74 Å². The van der Waals surface area contributed by atoms with Crippen LogP contribution < -0.4 is 5.32 Å². The van der Waals surface area contributed by atoms with Gasteiger partial charge in [0.15, 0.2) is 23.2 Å². The van der Waals surface area contributed by atoms with E-state index in [0.717, 1.165) is 6.08 Å². The number of nitrogens with one attached hydrogen (secondary N) is 1. The molecule has 3 rings (SSSR count). The van der Waals surface area contributed by atoms with E-state index in [9.17, 15) is 15.0 Å². The van der Waals surface area contributed by atoms with Gasteiger partial charge >= 0.3 is 0 Å². The van der Waals surface area contributed by atoms with Crippen LogP contribution in [0.3, 0.4) is 0 Å². The van der Waals surface area contributed by atoms with Crippen molar-refractivity contribution in [3.05, 3.63) is 25.3 Å². The predicted octanol–water partition coefficient (Wildman–Crippen LogP) is -0.0670. The van der Waals surface area contributed by atoms with Crippen LogP contribution in [0.25, 0.3) is 11.2 Å². The molecule has 9 nitrogen and oxygen atoms in total. The van der Waals surface area contributed by atoms with E-state index in [1.54, 1.807) is 0 Å². The minimum atomic E-state index is -1.11. The molecule has 1 saturated heterocycles. The summed E-state index contributed by atoms with van der Waals surface area (Å²) in [6.07, 6.45) is 2.31. The quantitative estimate of drug-likeness (QED) is 0.640. The van der Waals surface area contributed by atoms with Gasteiger partial charge in [-0.2, -0.15) is 11.8 Å². The number of nitrogens with zero attached hydrogens (tertiary/aromatic N) is 4. The highest BCUT2D eigenvalue weighted by molar-refractivity contribution is 7.98. The van der Waals surface area contributed by atoms with Gasteiger partial charge in [0.2, 0.25) is 5.91 Å². The average Bonchev–Trinajstić information content (AvgIpc) is 3.12. The highest BCUT2D eigenvalue weighted by atomic mass is 32.2. The molecule has 128 valence electrons. The molecule has 10 heteroatoms. The van der Waals surface area contributed by atoms with Gasteiger partial charge in [-0.3, -0.25) is 9.36 Å². The van der Waals surface area contributed by atoms with Crippen LogP contribution in [-0.2, 0) is 9.53 Å². The van der Waals surface area contributed by atoms with Crippen LogP contribution in [0.5, 0.6) is 0 Å². The first-order chi connectivity index (χ1) is 11.6. The Morgan fingerprint density at radius 3 is 2.96 bits per heavy atom. The summed E-state index contributed by atoms with van der Waals surface area (Å²) in [4.78, 5) is 23.8. The number of carbonyl (C=O) groups is 1. The minimum Gasteiger partial charge on any atom is -0.387 e. The Bertz CT molecular complexity index is 767. The lowest BCUT2D eigenvalue weighted by molar-refractivity contribution is -0.111. The van der Waals surface area contributed by atoms with Gasteiger partial charge in [-0.05, 0) is 12.3 Å². The highest BCUT2D eigenvalue weighted by Gasteiger charge is 2.44. The van der Waals surface area contributed by atoms with Crippen molar-refractivity contribution in [3.63, 3.8) is 0 Å². The third-order valence-electron chi connectivity index (χ3n) is 3.73. The van der Waals surface area contributed by atoms with E-state index < -0.39 is 30.4 Å². The van der Waals surface area contributed by atoms with Crippen LogP contribution in [0.1, 0.15) is 6.23 Å². The van der Waals surface area contributed by atoms with Gasteiger partial charge < -0.3 is 20.3 Å². The molecule has 0 saturated carbocycles. The molecule has 0 bridgehead atoms. The van der Waals surface area contributed by atoms with Crippen molar-refractivity contribution in [3.8, 4) is 0 Å². The van der Waals surface area contributed by atoms with Crippen LogP contribution in [0.15, 0.2) is 25.3 Å². The molecule has 3 N–H and O–H groups in total. The first kappa shape index (κ1) is 16.8. The zero-order valence-electron chi connectivity index (χ0n) is 12.9. The zero-order chi connectivity index (χ0) is 17.3. The molecule has 2 aromatic heterocycles. The maximum absolute atomic E-state index is 11.5. The summed E-state index contributed by atoms with van der Waals surface area (Å²) < 4.78 is 7.28. The SMILES string of the molecule is C=CC(=O)Nc1ncnc2c1ncn2[C@@H]1O[C@H](CSC)[C@@H](O)[C@H]1O. The third kappa shape index (κ3) is 2.88. The number of fused-ring (bicyclic) bond motifs is 1. The van der Waals surface area contributed by atoms with Crippen LogP contribution in [-0.4, -0.2) is 66.0 Å². The number of aliphatic hydroxyl groups is 2. The molecular weight excluding hydrogens is 334 g/mol. The lowest BCUT2D eigenvalue weighted by atomic mass is 10.1. The largest absolute Gasteiger partial charge is 0.387 e. The summed E-state index contributed by atoms with van der Waals surface area (Å²) in [5.41, 5.74) is 0.733. The van der Waals surface area contributed by atoms with Crippen molar-refractivity contribution in [1.82, 2.24) is 19.5 Å². The van der Waals surface area contributed by atoms with E-state index in [1.165, 1.54) is 29.0 Å². The Labute approximate surface area is 141 Å². The number of hydrogen-bond donors (Lipinski definition) is 3. The second kappa shape index (κ2) is 6.85. The van der Waals surface area contributed by atoms with Crippen molar-refractivity contribution in [2.45, 2.75) is 24.5 Å². The third-order valence-corrected chi connectivity index (χ3v) is 4.39. The van der Waals surface area contributed by atoms with Crippen molar-refractivity contribution >= 4 is 34.7 Å². The first-order valence-corrected chi connectivity index (χ1v) is 8.57.